The predicted octanol–water partition coefficient (Wildman–Crippen LogP) is 3.37. The highest BCUT2D eigenvalue weighted by Gasteiger charge is 2.49. The molecule has 6 nitrogen and oxygen atoms in total. The Bertz CT molecular complexity index is 929. The molecule has 3 rings (SSSR count). The summed E-state index contributed by atoms with van der Waals surface area (Å²) in [5.74, 6) is -2.75. The number of ether oxygens (including phenoxy) is 1. The number of nitrogens with one attached hydrogen (secondary N) is 1. The molecule has 0 bridgehead atoms. The highest BCUT2D eigenvalue weighted by atomic mass is 19.3. The van der Waals surface area contributed by atoms with Crippen LogP contribution < -0.4 is 10.1 Å². The molecular formula is C18H13F4N3O3. The van der Waals surface area contributed by atoms with E-state index in [1.54, 1.807) is 0 Å². The number of urea groups is 1. The van der Waals surface area contributed by atoms with Crippen molar-refractivity contribution < 1.29 is 31.9 Å². The number of carbonyl (C=O) groups excluding carboxylic acids is 2. The molecule has 0 saturated carbocycles. The van der Waals surface area contributed by atoms with Gasteiger partial charge in [-0.3, -0.25) is 4.79 Å². The summed E-state index contributed by atoms with van der Waals surface area (Å²) in [5, 5.41) is 6.46. The van der Waals surface area contributed by atoms with Crippen LogP contribution in [-0.4, -0.2) is 29.8 Å². The van der Waals surface area contributed by atoms with E-state index in [2.05, 4.69) is 15.2 Å². The molecule has 0 aliphatic carbocycles. The predicted molar refractivity (Wildman–Crippen MR) is 89.8 cm³/mol. The number of nitrogens with zero attached hydrogens (tertiary/aromatic N) is 2. The minimum Gasteiger partial charge on any atom is -0.435 e. The van der Waals surface area contributed by atoms with Crippen molar-refractivity contribution in [3.8, 4) is 5.75 Å². The molecule has 2 aromatic carbocycles. The van der Waals surface area contributed by atoms with Gasteiger partial charge in [0.05, 0.1) is 11.8 Å². The first-order chi connectivity index (χ1) is 13.2. The van der Waals surface area contributed by atoms with E-state index < -0.39 is 41.3 Å². The van der Waals surface area contributed by atoms with E-state index in [9.17, 15) is 27.2 Å². The van der Waals surface area contributed by atoms with Crippen molar-refractivity contribution >= 4 is 18.2 Å². The molecule has 0 unspecified atom stereocenters. The largest absolute Gasteiger partial charge is 0.435 e. The van der Waals surface area contributed by atoms with Gasteiger partial charge in [0.15, 0.2) is 0 Å². The monoisotopic (exact) mass is 395 g/mol. The first-order valence-electron chi connectivity index (χ1n) is 7.92. The Morgan fingerprint density at radius 1 is 1.11 bits per heavy atom. The van der Waals surface area contributed by atoms with Crippen molar-refractivity contribution in [1.29, 1.82) is 0 Å². The topological polar surface area (TPSA) is 71.0 Å². The van der Waals surface area contributed by atoms with Gasteiger partial charge in [-0.1, -0.05) is 18.2 Å². The van der Waals surface area contributed by atoms with Crippen LogP contribution >= 0.6 is 0 Å². The Hall–Kier alpha value is -3.43. The fourth-order valence-electron chi connectivity index (χ4n) is 2.64. The first kappa shape index (κ1) is 19.3. The van der Waals surface area contributed by atoms with E-state index in [1.165, 1.54) is 31.2 Å². The second-order valence-electron chi connectivity index (χ2n) is 5.95. The average Bonchev–Trinajstić information content (AvgIpc) is 2.85. The molecule has 0 spiro atoms. The maximum absolute atomic E-state index is 13.7. The van der Waals surface area contributed by atoms with Gasteiger partial charge < -0.3 is 10.1 Å². The van der Waals surface area contributed by atoms with Gasteiger partial charge in [-0.15, -0.1) is 5.01 Å². The Kier molecular flexibility index (Phi) is 5.04. The lowest BCUT2D eigenvalue weighted by atomic mass is 9.92. The molecule has 1 fully saturated rings. The Labute approximate surface area is 156 Å². The van der Waals surface area contributed by atoms with E-state index in [1.807, 2.05) is 0 Å². The SMILES string of the molecule is C[C@]1(c2ccc(OC(F)F)cc2)NC(=O)N(N=Cc2c(F)cccc2F)C1=O. The van der Waals surface area contributed by atoms with Crippen LogP contribution in [0.4, 0.5) is 22.4 Å². The number of imide groups is 1. The highest BCUT2D eigenvalue weighted by molar-refractivity contribution is 6.07. The molecule has 1 saturated heterocycles. The normalized spacial score (nSPS) is 19.6. The summed E-state index contributed by atoms with van der Waals surface area (Å²) in [7, 11) is 0. The van der Waals surface area contributed by atoms with Gasteiger partial charge in [-0.25, -0.2) is 13.6 Å². The van der Waals surface area contributed by atoms with Gasteiger partial charge in [0, 0.05) is 0 Å². The number of halogens is 4. The van der Waals surface area contributed by atoms with Crippen molar-refractivity contribution in [1.82, 2.24) is 10.3 Å². The minimum atomic E-state index is -3.00. The van der Waals surface area contributed by atoms with Gasteiger partial charge in [-0.05, 0) is 36.8 Å². The lowest BCUT2D eigenvalue weighted by molar-refractivity contribution is -0.131. The average molecular weight is 395 g/mol. The Balaban J connectivity index is 1.85. The molecule has 28 heavy (non-hydrogen) atoms. The second-order valence-corrected chi connectivity index (χ2v) is 5.95. The lowest BCUT2D eigenvalue weighted by Gasteiger charge is -2.21. The molecule has 0 aromatic heterocycles. The van der Waals surface area contributed by atoms with Crippen molar-refractivity contribution in [2.45, 2.75) is 19.1 Å². The zero-order valence-electron chi connectivity index (χ0n) is 14.3. The summed E-state index contributed by atoms with van der Waals surface area (Å²) < 4.78 is 56.0. The lowest BCUT2D eigenvalue weighted by Crippen LogP contribution is -2.40. The van der Waals surface area contributed by atoms with E-state index in [0.717, 1.165) is 24.4 Å². The van der Waals surface area contributed by atoms with E-state index in [-0.39, 0.29) is 11.3 Å². The van der Waals surface area contributed by atoms with Crippen LogP contribution in [0.1, 0.15) is 18.1 Å². The fourth-order valence-corrected chi connectivity index (χ4v) is 2.64. The molecule has 3 amide bonds. The fraction of sp³-hybridized carbons (Fsp3) is 0.167. The van der Waals surface area contributed by atoms with Crippen LogP contribution in [0.15, 0.2) is 47.6 Å². The highest BCUT2D eigenvalue weighted by Crippen LogP contribution is 2.30. The molecule has 1 atom stereocenters. The molecule has 1 heterocycles. The van der Waals surface area contributed by atoms with Gasteiger partial charge in [0.2, 0.25) is 0 Å². The summed E-state index contributed by atoms with van der Waals surface area (Å²) in [6.07, 6.45) is 0.730. The summed E-state index contributed by atoms with van der Waals surface area (Å²) in [6, 6.07) is 7.36. The van der Waals surface area contributed by atoms with Gasteiger partial charge in [-0.2, -0.15) is 13.9 Å². The number of hydrogen-bond donors (Lipinski definition) is 1. The first-order valence-corrected chi connectivity index (χ1v) is 7.92. The zero-order chi connectivity index (χ0) is 20.5. The number of rotatable bonds is 5. The van der Waals surface area contributed by atoms with Crippen LogP contribution in [0, 0.1) is 11.6 Å². The van der Waals surface area contributed by atoms with Crippen molar-refractivity contribution in [2.24, 2.45) is 5.10 Å². The molecular weight excluding hydrogens is 382 g/mol. The molecule has 10 heteroatoms. The van der Waals surface area contributed by atoms with Gasteiger partial charge in [0.25, 0.3) is 5.91 Å². The molecule has 0 radical (unpaired) electrons. The number of carbonyl (C=O) groups is 2. The second kappa shape index (κ2) is 7.29. The summed E-state index contributed by atoms with van der Waals surface area (Å²) in [6.45, 7) is -1.62. The number of amides is 3. The van der Waals surface area contributed by atoms with Crippen LogP contribution in [-0.2, 0) is 10.3 Å². The third-order valence-corrected chi connectivity index (χ3v) is 4.13. The standard InChI is InChI=1S/C18H13F4N3O3/c1-18(10-5-7-11(8-6-10)28-16(21)22)15(26)25(17(27)24-18)23-9-12-13(19)3-2-4-14(12)20/h2-9,16H,1H3,(H,24,27)/t18-/m1/s1. The van der Waals surface area contributed by atoms with Crippen LogP contribution in [0.2, 0.25) is 0 Å². The summed E-state index contributed by atoms with van der Waals surface area (Å²) >= 11 is 0. The van der Waals surface area contributed by atoms with Crippen molar-refractivity contribution in [2.75, 3.05) is 0 Å². The van der Waals surface area contributed by atoms with E-state index in [0.29, 0.717) is 5.01 Å². The molecule has 146 valence electrons. The third-order valence-electron chi connectivity index (χ3n) is 4.13. The number of hydrazone groups is 1. The Morgan fingerprint density at radius 3 is 2.29 bits per heavy atom. The summed E-state index contributed by atoms with van der Waals surface area (Å²) in [5.41, 5.74) is -1.78. The minimum absolute atomic E-state index is 0.121. The summed E-state index contributed by atoms with van der Waals surface area (Å²) in [4.78, 5) is 24.8. The van der Waals surface area contributed by atoms with Crippen LogP contribution in [0.3, 0.4) is 0 Å². The van der Waals surface area contributed by atoms with Crippen LogP contribution in [0.5, 0.6) is 5.75 Å². The molecule has 2 aromatic rings. The van der Waals surface area contributed by atoms with Crippen LogP contribution in [0.25, 0.3) is 0 Å². The molecule has 1 N–H and O–H groups in total. The van der Waals surface area contributed by atoms with E-state index >= 15 is 0 Å². The maximum atomic E-state index is 13.7. The third kappa shape index (κ3) is 3.53. The smallest absolute Gasteiger partial charge is 0.387 e. The van der Waals surface area contributed by atoms with Crippen molar-refractivity contribution in [3.63, 3.8) is 0 Å². The molecule has 1 aliphatic heterocycles. The van der Waals surface area contributed by atoms with Crippen molar-refractivity contribution in [3.05, 3.63) is 65.2 Å². The van der Waals surface area contributed by atoms with Gasteiger partial charge in [0.1, 0.15) is 22.9 Å². The zero-order valence-corrected chi connectivity index (χ0v) is 14.3. The number of hydrogen-bond acceptors (Lipinski definition) is 4. The maximum Gasteiger partial charge on any atom is 0.387 e. The van der Waals surface area contributed by atoms with E-state index in [4.69, 9.17) is 0 Å². The number of benzene rings is 2. The Morgan fingerprint density at radius 2 is 1.71 bits per heavy atom. The molecule has 1 aliphatic rings. The van der Waals surface area contributed by atoms with Gasteiger partial charge >= 0.3 is 12.6 Å². The number of alkyl halides is 2. The quantitative estimate of drug-likeness (QED) is 0.480.